The molecule has 0 aromatic heterocycles. The molecule has 0 spiro atoms. The van der Waals surface area contributed by atoms with Crippen molar-refractivity contribution >= 4 is 22.3 Å². The molecule has 0 aliphatic heterocycles. The summed E-state index contributed by atoms with van der Waals surface area (Å²) in [6.07, 6.45) is -3.71. The first-order valence-corrected chi connectivity index (χ1v) is 9.10. The van der Waals surface area contributed by atoms with E-state index in [1.807, 2.05) is 0 Å². The highest BCUT2D eigenvalue weighted by atomic mass is 16.5. The monoisotopic (exact) mass is 388 g/mol. The first kappa shape index (κ1) is 20.3. The van der Waals surface area contributed by atoms with Gasteiger partial charge in [-0.2, -0.15) is 0 Å². The Labute approximate surface area is 162 Å². The largest absolute Gasteiger partial charge is 0.507 e. The first-order valence-electron chi connectivity index (χ1n) is 9.10. The summed E-state index contributed by atoms with van der Waals surface area (Å²) in [5, 5.41) is 41.2. The molecular weight excluding hydrogens is 364 g/mol. The van der Waals surface area contributed by atoms with Crippen LogP contribution in [0.1, 0.15) is 34.8 Å². The van der Waals surface area contributed by atoms with Gasteiger partial charge in [-0.25, -0.2) is 0 Å². The maximum atomic E-state index is 12.8. The van der Waals surface area contributed by atoms with Gasteiger partial charge >= 0.3 is 0 Å². The Hall–Kier alpha value is -2.48. The van der Waals surface area contributed by atoms with Gasteiger partial charge in [0.1, 0.15) is 23.7 Å². The summed E-state index contributed by atoms with van der Waals surface area (Å²) >= 11 is 0. The number of Topliss-reactive ketones (excluding diaryl/α,β-unsaturated/α-hetero) is 2. The van der Waals surface area contributed by atoms with Crippen LogP contribution in [0.25, 0.3) is 10.8 Å². The van der Waals surface area contributed by atoms with Crippen LogP contribution < -0.4 is 0 Å². The summed E-state index contributed by atoms with van der Waals surface area (Å²) in [7, 11) is 1.32. The fraction of sp³-hybridized carbons (Fsp3) is 0.429. The molecule has 7 heteroatoms. The van der Waals surface area contributed by atoms with Gasteiger partial charge in [0.15, 0.2) is 11.6 Å². The minimum atomic E-state index is -1.61. The SMILES string of the molecule is COC(C(=O)C(O)C(C)O)C1CC(=O)c2c(cc3ccc(C)c(O)c3c2O)C1. The molecule has 1 aliphatic carbocycles. The van der Waals surface area contributed by atoms with Crippen molar-refractivity contribution in [2.75, 3.05) is 7.11 Å². The second-order valence-corrected chi connectivity index (χ2v) is 7.42. The normalized spacial score (nSPS) is 19.9. The Morgan fingerprint density at radius 1 is 1.18 bits per heavy atom. The van der Waals surface area contributed by atoms with E-state index in [4.69, 9.17) is 4.74 Å². The number of phenols is 2. The standard InChI is InChI=1S/C21H24O7/c1-9-4-5-11-6-12-7-13(21(28-3)20(27)18(25)10(2)22)8-14(23)15(12)19(26)16(11)17(9)24/h4-6,10,13,18,21-22,24-26H,7-8H2,1-3H3. The maximum Gasteiger partial charge on any atom is 0.192 e. The van der Waals surface area contributed by atoms with E-state index in [9.17, 15) is 30.0 Å². The zero-order valence-electron chi connectivity index (χ0n) is 16.0. The van der Waals surface area contributed by atoms with Crippen molar-refractivity contribution in [1.82, 2.24) is 0 Å². The molecule has 4 atom stereocenters. The molecule has 7 nitrogen and oxygen atoms in total. The van der Waals surface area contributed by atoms with E-state index in [2.05, 4.69) is 0 Å². The van der Waals surface area contributed by atoms with Gasteiger partial charge in [-0.3, -0.25) is 9.59 Å². The summed E-state index contributed by atoms with van der Waals surface area (Å²) in [5.74, 6) is -1.93. The summed E-state index contributed by atoms with van der Waals surface area (Å²) in [5.41, 5.74) is 1.28. The molecule has 0 bridgehead atoms. The Morgan fingerprint density at radius 3 is 2.46 bits per heavy atom. The predicted molar refractivity (Wildman–Crippen MR) is 102 cm³/mol. The van der Waals surface area contributed by atoms with Crippen LogP contribution in [0.3, 0.4) is 0 Å². The second-order valence-electron chi connectivity index (χ2n) is 7.42. The number of aromatic hydroxyl groups is 2. The molecule has 0 radical (unpaired) electrons. The lowest BCUT2D eigenvalue weighted by Crippen LogP contribution is -2.45. The second kappa shape index (κ2) is 7.50. The van der Waals surface area contributed by atoms with Gasteiger partial charge in [0.25, 0.3) is 0 Å². The van der Waals surface area contributed by atoms with E-state index in [0.717, 1.165) is 0 Å². The molecule has 0 heterocycles. The number of phenolic OH excluding ortho intramolecular Hbond substituents is 2. The molecule has 2 aromatic carbocycles. The summed E-state index contributed by atoms with van der Waals surface area (Å²) in [6.45, 7) is 3.00. The van der Waals surface area contributed by atoms with Crippen LogP contribution in [0.2, 0.25) is 0 Å². The number of carbonyl (C=O) groups is 2. The van der Waals surface area contributed by atoms with Gasteiger partial charge in [-0.05, 0) is 36.8 Å². The summed E-state index contributed by atoms with van der Waals surface area (Å²) in [6, 6.07) is 5.18. The van der Waals surface area contributed by atoms with Gasteiger partial charge in [0.2, 0.25) is 0 Å². The Balaban J connectivity index is 2.04. The van der Waals surface area contributed by atoms with Gasteiger partial charge in [0, 0.05) is 19.4 Å². The third-order valence-corrected chi connectivity index (χ3v) is 5.46. The van der Waals surface area contributed by atoms with E-state index in [0.29, 0.717) is 16.5 Å². The number of ketones is 2. The average molecular weight is 388 g/mol. The minimum absolute atomic E-state index is 0.0601. The van der Waals surface area contributed by atoms with E-state index in [-0.39, 0.29) is 41.1 Å². The highest BCUT2D eigenvalue weighted by Gasteiger charge is 2.39. The van der Waals surface area contributed by atoms with Crippen molar-refractivity contribution in [3.8, 4) is 11.5 Å². The van der Waals surface area contributed by atoms with Gasteiger partial charge in [-0.1, -0.05) is 18.2 Å². The summed E-state index contributed by atoms with van der Waals surface area (Å²) < 4.78 is 5.26. The maximum absolute atomic E-state index is 12.8. The number of aliphatic hydroxyl groups is 2. The number of fused-ring (bicyclic) bond motifs is 2. The smallest absolute Gasteiger partial charge is 0.192 e. The highest BCUT2D eigenvalue weighted by Crippen LogP contribution is 2.43. The number of ether oxygens (including phenoxy) is 1. The Morgan fingerprint density at radius 2 is 1.86 bits per heavy atom. The molecule has 3 rings (SSSR count). The highest BCUT2D eigenvalue weighted by molar-refractivity contribution is 6.09. The molecule has 4 N–H and O–H groups in total. The number of hydrogen-bond donors (Lipinski definition) is 4. The number of methoxy groups -OCH3 is 1. The van der Waals surface area contributed by atoms with E-state index in [1.165, 1.54) is 14.0 Å². The first-order chi connectivity index (χ1) is 13.2. The van der Waals surface area contributed by atoms with Crippen molar-refractivity contribution < 1.29 is 34.8 Å². The van der Waals surface area contributed by atoms with Crippen molar-refractivity contribution in [1.29, 1.82) is 0 Å². The van der Waals surface area contributed by atoms with E-state index >= 15 is 0 Å². The van der Waals surface area contributed by atoms with Crippen LogP contribution in [-0.2, 0) is 16.0 Å². The van der Waals surface area contributed by atoms with Gasteiger partial charge in [0.05, 0.1) is 17.1 Å². The topological polar surface area (TPSA) is 124 Å². The predicted octanol–water partition coefficient (Wildman–Crippen LogP) is 1.63. The Bertz CT molecular complexity index is 948. The fourth-order valence-electron chi connectivity index (χ4n) is 3.95. The fourth-order valence-corrected chi connectivity index (χ4v) is 3.95. The molecule has 2 aromatic rings. The van der Waals surface area contributed by atoms with Gasteiger partial charge in [-0.15, -0.1) is 0 Å². The van der Waals surface area contributed by atoms with E-state index < -0.39 is 30.0 Å². The molecule has 1 aliphatic rings. The van der Waals surface area contributed by atoms with Crippen molar-refractivity contribution in [2.45, 2.75) is 45.0 Å². The third kappa shape index (κ3) is 3.26. The number of aliphatic hydroxyl groups excluding tert-OH is 2. The van der Waals surface area contributed by atoms with Crippen molar-refractivity contribution in [3.05, 3.63) is 34.9 Å². The lowest BCUT2D eigenvalue weighted by Gasteiger charge is -2.31. The zero-order valence-corrected chi connectivity index (χ0v) is 16.0. The molecule has 0 fully saturated rings. The lowest BCUT2D eigenvalue weighted by molar-refractivity contribution is -0.145. The number of hydrogen-bond acceptors (Lipinski definition) is 7. The molecule has 28 heavy (non-hydrogen) atoms. The number of aryl methyl sites for hydroxylation is 1. The van der Waals surface area contributed by atoms with Gasteiger partial charge < -0.3 is 25.2 Å². The van der Waals surface area contributed by atoms with E-state index in [1.54, 1.807) is 25.1 Å². The van der Waals surface area contributed by atoms with Crippen LogP contribution >= 0.6 is 0 Å². The molecule has 0 saturated carbocycles. The zero-order chi connectivity index (χ0) is 20.7. The molecule has 4 unspecified atom stereocenters. The third-order valence-electron chi connectivity index (χ3n) is 5.46. The lowest BCUT2D eigenvalue weighted by atomic mass is 9.77. The van der Waals surface area contributed by atoms with Crippen LogP contribution in [0.15, 0.2) is 18.2 Å². The minimum Gasteiger partial charge on any atom is -0.507 e. The quantitative estimate of drug-likeness (QED) is 0.614. The summed E-state index contributed by atoms with van der Waals surface area (Å²) in [4.78, 5) is 25.2. The number of benzene rings is 2. The number of carbonyl (C=O) groups excluding carboxylic acids is 2. The van der Waals surface area contributed by atoms with Crippen LogP contribution in [0.5, 0.6) is 11.5 Å². The van der Waals surface area contributed by atoms with Crippen LogP contribution in [0.4, 0.5) is 0 Å². The van der Waals surface area contributed by atoms with Crippen LogP contribution in [0, 0.1) is 12.8 Å². The molecular formula is C21H24O7. The Kier molecular flexibility index (Phi) is 5.43. The average Bonchev–Trinajstić information content (AvgIpc) is 2.64. The molecule has 150 valence electrons. The van der Waals surface area contributed by atoms with Crippen molar-refractivity contribution in [2.24, 2.45) is 5.92 Å². The molecule has 0 saturated heterocycles. The van der Waals surface area contributed by atoms with Crippen molar-refractivity contribution in [3.63, 3.8) is 0 Å². The van der Waals surface area contributed by atoms with Crippen LogP contribution in [-0.4, -0.2) is 57.4 Å². The molecule has 0 amide bonds. The number of rotatable bonds is 5.